The molecule has 2 rings (SSSR count). The highest BCUT2D eigenvalue weighted by Crippen LogP contribution is 2.29. The van der Waals surface area contributed by atoms with Gasteiger partial charge >= 0.3 is 0 Å². The van der Waals surface area contributed by atoms with E-state index in [9.17, 15) is 0 Å². The van der Waals surface area contributed by atoms with Gasteiger partial charge in [-0.05, 0) is 36.0 Å². The van der Waals surface area contributed by atoms with Gasteiger partial charge in [0.25, 0.3) is 0 Å². The first-order chi connectivity index (χ1) is 8.70. The average Bonchev–Trinajstić information content (AvgIpc) is 2.74. The highest BCUT2D eigenvalue weighted by molar-refractivity contribution is 7.99. The molecule has 0 spiro atoms. The summed E-state index contributed by atoms with van der Waals surface area (Å²) in [5.41, 5.74) is 1.11. The zero-order valence-corrected chi connectivity index (χ0v) is 11.9. The smallest absolute Gasteiger partial charge is 0.195 e. The van der Waals surface area contributed by atoms with Crippen LogP contribution in [0.25, 0.3) is 0 Å². The van der Waals surface area contributed by atoms with Gasteiger partial charge in [0.2, 0.25) is 0 Å². The van der Waals surface area contributed by atoms with Crippen LogP contribution >= 0.6 is 23.4 Å². The van der Waals surface area contributed by atoms with E-state index in [0.29, 0.717) is 0 Å². The minimum absolute atomic E-state index is 0.781. The molecule has 0 amide bonds. The Hall–Kier alpha value is -1.04. The zero-order chi connectivity index (χ0) is 13.0. The SMILES string of the molecule is CCNCc1ccc(Sc2nncn2C)cc1Cl. The van der Waals surface area contributed by atoms with E-state index in [4.69, 9.17) is 11.6 Å². The van der Waals surface area contributed by atoms with Gasteiger partial charge in [-0.15, -0.1) is 10.2 Å². The van der Waals surface area contributed by atoms with Crippen LogP contribution < -0.4 is 5.32 Å². The number of hydrogen-bond donors (Lipinski definition) is 1. The minimum Gasteiger partial charge on any atom is -0.313 e. The van der Waals surface area contributed by atoms with Crippen molar-refractivity contribution in [2.24, 2.45) is 7.05 Å². The Kier molecular flexibility index (Phi) is 4.63. The quantitative estimate of drug-likeness (QED) is 0.916. The lowest BCUT2D eigenvalue weighted by atomic mass is 10.2. The van der Waals surface area contributed by atoms with E-state index in [2.05, 4.69) is 28.5 Å². The molecule has 2 aromatic rings. The van der Waals surface area contributed by atoms with Crippen molar-refractivity contribution in [1.82, 2.24) is 20.1 Å². The van der Waals surface area contributed by atoms with E-state index in [0.717, 1.165) is 33.7 Å². The summed E-state index contributed by atoms with van der Waals surface area (Å²) in [5, 5.41) is 12.8. The summed E-state index contributed by atoms with van der Waals surface area (Å²) in [6, 6.07) is 6.06. The maximum absolute atomic E-state index is 6.25. The van der Waals surface area contributed by atoms with Crippen molar-refractivity contribution < 1.29 is 0 Å². The first-order valence-corrected chi connectivity index (χ1v) is 6.91. The highest BCUT2D eigenvalue weighted by atomic mass is 35.5. The number of aryl methyl sites for hydroxylation is 1. The number of rotatable bonds is 5. The summed E-state index contributed by atoms with van der Waals surface area (Å²) in [7, 11) is 1.92. The second kappa shape index (κ2) is 6.22. The molecule has 0 saturated carbocycles. The van der Waals surface area contributed by atoms with E-state index >= 15 is 0 Å². The van der Waals surface area contributed by atoms with Crippen molar-refractivity contribution in [3.8, 4) is 0 Å². The number of hydrogen-bond acceptors (Lipinski definition) is 4. The molecule has 18 heavy (non-hydrogen) atoms. The minimum atomic E-state index is 0.781. The fourth-order valence-corrected chi connectivity index (χ4v) is 2.58. The third kappa shape index (κ3) is 3.25. The molecule has 96 valence electrons. The molecule has 1 aromatic heterocycles. The molecular formula is C12H15ClN4S. The normalized spacial score (nSPS) is 10.8. The summed E-state index contributed by atoms with van der Waals surface area (Å²) < 4.78 is 1.88. The third-order valence-electron chi connectivity index (χ3n) is 2.47. The fraction of sp³-hybridized carbons (Fsp3) is 0.333. The van der Waals surface area contributed by atoms with E-state index in [1.165, 1.54) is 0 Å². The van der Waals surface area contributed by atoms with Crippen LogP contribution in [0.4, 0.5) is 0 Å². The number of nitrogens with zero attached hydrogens (tertiary/aromatic N) is 3. The lowest BCUT2D eigenvalue weighted by Gasteiger charge is -2.07. The Morgan fingerprint density at radius 3 is 2.89 bits per heavy atom. The predicted octanol–water partition coefficient (Wildman–Crippen LogP) is 2.73. The van der Waals surface area contributed by atoms with Crippen LogP contribution in [0.5, 0.6) is 0 Å². The lowest BCUT2D eigenvalue weighted by Crippen LogP contribution is -2.11. The zero-order valence-electron chi connectivity index (χ0n) is 10.4. The van der Waals surface area contributed by atoms with Gasteiger partial charge < -0.3 is 9.88 Å². The molecule has 0 aliphatic carbocycles. The van der Waals surface area contributed by atoms with Crippen molar-refractivity contribution in [2.75, 3.05) is 6.54 Å². The topological polar surface area (TPSA) is 42.7 Å². The van der Waals surface area contributed by atoms with Crippen molar-refractivity contribution in [3.05, 3.63) is 35.1 Å². The lowest BCUT2D eigenvalue weighted by molar-refractivity contribution is 0.726. The number of benzene rings is 1. The molecule has 0 aliphatic rings. The third-order valence-corrected chi connectivity index (χ3v) is 3.86. The first-order valence-electron chi connectivity index (χ1n) is 5.71. The summed E-state index contributed by atoms with van der Waals surface area (Å²) >= 11 is 7.80. The van der Waals surface area contributed by atoms with Crippen LogP contribution in [0.2, 0.25) is 5.02 Å². The Bertz CT molecular complexity index is 527. The molecular weight excluding hydrogens is 268 g/mol. The molecule has 0 radical (unpaired) electrons. The molecule has 4 nitrogen and oxygen atoms in total. The summed E-state index contributed by atoms with van der Waals surface area (Å²) in [4.78, 5) is 1.07. The molecule has 0 aliphatic heterocycles. The van der Waals surface area contributed by atoms with Crippen molar-refractivity contribution in [1.29, 1.82) is 0 Å². The molecule has 1 aromatic carbocycles. The molecule has 1 heterocycles. The van der Waals surface area contributed by atoms with E-state index < -0.39 is 0 Å². The van der Waals surface area contributed by atoms with Crippen molar-refractivity contribution in [2.45, 2.75) is 23.5 Å². The standard InChI is InChI=1S/C12H15ClN4S/c1-3-14-7-9-4-5-10(6-11(9)13)18-12-16-15-8-17(12)2/h4-6,8,14H,3,7H2,1-2H3. The van der Waals surface area contributed by atoms with Crippen LogP contribution in [-0.2, 0) is 13.6 Å². The second-order valence-corrected chi connectivity index (χ2v) is 5.31. The van der Waals surface area contributed by atoms with E-state index in [-0.39, 0.29) is 0 Å². The summed E-state index contributed by atoms with van der Waals surface area (Å²) in [6.07, 6.45) is 1.68. The predicted molar refractivity (Wildman–Crippen MR) is 74.0 cm³/mol. The van der Waals surface area contributed by atoms with Crippen LogP contribution in [0.3, 0.4) is 0 Å². The Morgan fingerprint density at radius 2 is 2.28 bits per heavy atom. The molecule has 0 bridgehead atoms. The molecule has 0 saturated heterocycles. The van der Waals surface area contributed by atoms with Gasteiger partial charge in [-0.3, -0.25) is 0 Å². The molecule has 1 N–H and O–H groups in total. The van der Waals surface area contributed by atoms with Gasteiger partial charge in [-0.1, -0.05) is 24.6 Å². The van der Waals surface area contributed by atoms with Gasteiger partial charge in [0.05, 0.1) is 0 Å². The van der Waals surface area contributed by atoms with Crippen molar-refractivity contribution in [3.63, 3.8) is 0 Å². The Balaban J connectivity index is 2.11. The van der Waals surface area contributed by atoms with Crippen LogP contribution in [-0.4, -0.2) is 21.3 Å². The Morgan fingerprint density at radius 1 is 1.44 bits per heavy atom. The number of nitrogens with one attached hydrogen (secondary N) is 1. The Labute approximate surface area is 116 Å². The van der Waals surface area contributed by atoms with Gasteiger partial charge in [0, 0.05) is 23.5 Å². The van der Waals surface area contributed by atoms with Crippen LogP contribution in [0.1, 0.15) is 12.5 Å². The van der Waals surface area contributed by atoms with E-state index in [1.807, 2.05) is 23.7 Å². The second-order valence-electron chi connectivity index (χ2n) is 3.86. The number of halogens is 1. The number of aromatic nitrogens is 3. The van der Waals surface area contributed by atoms with Gasteiger partial charge in [-0.25, -0.2) is 0 Å². The summed E-state index contributed by atoms with van der Waals surface area (Å²) in [5.74, 6) is 0. The van der Waals surface area contributed by atoms with Crippen LogP contribution in [0.15, 0.2) is 34.6 Å². The maximum atomic E-state index is 6.25. The maximum Gasteiger partial charge on any atom is 0.195 e. The molecule has 6 heteroatoms. The van der Waals surface area contributed by atoms with E-state index in [1.54, 1.807) is 18.1 Å². The fourth-order valence-electron chi connectivity index (χ4n) is 1.46. The van der Waals surface area contributed by atoms with Gasteiger partial charge in [0.15, 0.2) is 5.16 Å². The molecule has 0 unspecified atom stereocenters. The highest BCUT2D eigenvalue weighted by Gasteiger charge is 2.06. The van der Waals surface area contributed by atoms with Gasteiger partial charge in [0.1, 0.15) is 6.33 Å². The summed E-state index contributed by atoms with van der Waals surface area (Å²) in [6.45, 7) is 3.81. The van der Waals surface area contributed by atoms with Gasteiger partial charge in [-0.2, -0.15) is 0 Å². The van der Waals surface area contributed by atoms with Crippen LogP contribution in [0, 0.1) is 0 Å². The molecule has 0 atom stereocenters. The molecule has 0 fully saturated rings. The monoisotopic (exact) mass is 282 g/mol. The first kappa shape index (κ1) is 13.4. The van der Waals surface area contributed by atoms with Crippen molar-refractivity contribution >= 4 is 23.4 Å². The largest absolute Gasteiger partial charge is 0.313 e. The average molecular weight is 283 g/mol.